The van der Waals surface area contributed by atoms with E-state index in [0.29, 0.717) is 12.2 Å². The van der Waals surface area contributed by atoms with Gasteiger partial charge in [0.2, 0.25) is 0 Å². The number of rotatable bonds is 5. The lowest BCUT2D eigenvalue weighted by molar-refractivity contribution is -0.139. The predicted octanol–water partition coefficient (Wildman–Crippen LogP) is 1.26. The summed E-state index contributed by atoms with van der Waals surface area (Å²) >= 11 is 1.45. The Balaban J connectivity index is 1.89. The fourth-order valence-corrected chi connectivity index (χ4v) is 1.99. The van der Waals surface area contributed by atoms with Crippen molar-refractivity contribution >= 4 is 22.4 Å². The molecule has 6 nitrogen and oxygen atoms in total. The molecule has 0 unspecified atom stereocenters. The number of esters is 1. The lowest BCUT2D eigenvalue weighted by Gasteiger charge is -2.00. The number of nitrogens with zero attached hydrogens (tertiary/aromatic N) is 3. The van der Waals surface area contributed by atoms with Crippen LogP contribution >= 0.6 is 11.3 Å². The first-order valence-electron chi connectivity index (χ1n) is 5.28. The highest BCUT2D eigenvalue weighted by atomic mass is 32.1. The third kappa shape index (κ3) is 3.49. The van der Waals surface area contributed by atoms with Crippen LogP contribution in [0.1, 0.15) is 11.4 Å². The maximum atomic E-state index is 11.1. The molecule has 2 aromatic heterocycles. The topological polar surface area (TPSA) is 77.0 Å². The standard InChI is InChI=1S/C11H12N4O2S/c1-17-10(16)4-9-6-18-11(15-9)13-5-8-2-3-12-7-14-8/h2-3,6-7H,4-5H2,1H3,(H,13,15). The Hall–Kier alpha value is -2.02. The number of aromatic nitrogens is 3. The van der Waals surface area contributed by atoms with Gasteiger partial charge in [0.25, 0.3) is 0 Å². The quantitative estimate of drug-likeness (QED) is 0.819. The highest BCUT2D eigenvalue weighted by Crippen LogP contribution is 2.16. The van der Waals surface area contributed by atoms with Crippen molar-refractivity contribution in [2.45, 2.75) is 13.0 Å². The maximum Gasteiger partial charge on any atom is 0.311 e. The smallest absolute Gasteiger partial charge is 0.311 e. The van der Waals surface area contributed by atoms with Crippen molar-refractivity contribution in [3.05, 3.63) is 35.4 Å². The zero-order valence-corrected chi connectivity index (χ0v) is 10.6. The molecule has 2 heterocycles. The molecule has 0 aliphatic rings. The van der Waals surface area contributed by atoms with Crippen LogP contribution in [0.5, 0.6) is 0 Å². The zero-order valence-electron chi connectivity index (χ0n) is 9.79. The Bertz CT molecular complexity index is 515. The summed E-state index contributed by atoms with van der Waals surface area (Å²) < 4.78 is 4.58. The molecule has 94 valence electrons. The van der Waals surface area contributed by atoms with Crippen LogP contribution in [0, 0.1) is 0 Å². The number of ether oxygens (including phenoxy) is 1. The monoisotopic (exact) mass is 264 g/mol. The van der Waals surface area contributed by atoms with Crippen molar-refractivity contribution in [3.8, 4) is 0 Å². The normalized spacial score (nSPS) is 10.1. The van der Waals surface area contributed by atoms with Crippen molar-refractivity contribution in [3.63, 3.8) is 0 Å². The second kappa shape index (κ2) is 6.06. The lowest BCUT2D eigenvalue weighted by Crippen LogP contribution is -2.05. The van der Waals surface area contributed by atoms with Gasteiger partial charge in [-0.15, -0.1) is 11.3 Å². The van der Waals surface area contributed by atoms with Crippen LogP contribution < -0.4 is 5.32 Å². The van der Waals surface area contributed by atoms with Crippen LogP contribution in [0.3, 0.4) is 0 Å². The molecule has 0 aliphatic carbocycles. The molecule has 0 radical (unpaired) electrons. The van der Waals surface area contributed by atoms with Crippen molar-refractivity contribution < 1.29 is 9.53 Å². The molecule has 0 saturated carbocycles. The minimum absolute atomic E-state index is 0.197. The van der Waals surface area contributed by atoms with E-state index in [0.717, 1.165) is 10.8 Å². The van der Waals surface area contributed by atoms with Crippen molar-refractivity contribution in [2.75, 3.05) is 12.4 Å². The molecule has 0 spiro atoms. The van der Waals surface area contributed by atoms with Crippen LogP contribution in [-0.4, -0.2) is 28.0 Å². The summed E-state index contributed by atoms with van der Waals surface area (Å²) in [5.41, 5.74) is 1.59. The predicted molar refractivity (Wildman–Crippen MR) is 67.2 cm³/mol. The fourth-order valence-electron chi connectivity index (χ4n) is 1.28. The summed E-state index contributed by atoms with van der Waals surface area (Å²) in [7, 11) is 1.36. The number of hydrogen-bond donors (Lipinski definition) is 1. The van der Waals surface area contributed by atoms with E-state index < -0.39 is 0 Å². The number of methoxy groups -OCH3 is 1. The molecule has 18 heavy (non-hydrogen) atoms. The molecular formula is C11H12N4O2S. The zero-order chi connectivity index (χ0) is 12.8. The molecule has 1 N–H and O–H groups in total. The van der Waals surface area contributed by atoms with Gasteiger partial charge < -0.3 is 10.1 Å². The minimum Gasteiger partial charge on any atom is -0.469 e. The van der Waals surface area contributed by atoms with Gasteiger partial charge in [-0.2, -0.15) is 0 Å². The van der Waals surface area contributed by atoms with Crippen LogP contribution in [0.4, 0.5) is 5.13 Å². The van der Waals surface area contributed by atoms with Gasteiger partial charge in [-0.1, -0.05) is 0 Å². The van der Waals surface area contributed by atoms with Gasteiger partial charge in [0.05, 0.1) is 31.5 Å². The van der Waals surface area contributed by atoms with E-state index in [1.165, 1.54) is 24.8 Å². The van der Waals surface area contributed by atoms with E-state index in [4.69, 9.17) is 0 Å². The Morgan fingerprint density at radius 1 is 1.50 bits per heavy atom. The summed E-state index contributed by atoms with van der Waals surface area (Å²) in [4.78, 5) is 23.3. The van der Waals surface area contributed by atoms with Crippen LogP contribution in [0.25, 0.3) is 0 Å². The van der Waals surface area contributed by atoms with E-state index in [1.54, 1.807) is 6.20 Å². The number of hydrogen-bond acceptors (Lipinski definition) is 7. The van der Waals surface area contributed by atoms with Gasteiger partial charge in [-0.05, 0) is 6.07 Å². The Morgan fingerprint density at radius 2 is 2.39 bits per heavy atom. The second-order valence-electron chi connectivity index (χ2n) is 3.45. The fraction of sp³-hybridized carbons (Fsp3) is 0.273. The van der Waals surface area contributed by atoms with E-state index in [1.807, 2.05) is 11.4 Å². The van der Waals surface area contributed by atoms with E-state index in [2.05, 4.69) is 25.0 Å². The number of carbonyl (C=O) groups excluding carboxylic acids is 1. The summed E-state index contributed by atoms with van der Waals surface area (Å²) in [6.07, 6.45) is 3.39. The molecule has 0 saturated heterocycles. The molecule has 0 aliphatic heterocycles. The molecule has 0 aromatic carbocycles. The van der Waals surface area contributed by atoms with Crippen molar-refractivity contribution in [2.24, 2.45) is 0 Å². The Labute approximate surface area is 108 Å². The van der Waals surface area contributed by atoms with Gasteiger partial charge in [0, 0.05) is 11.6 Å². The van der Waals surface area contributed by atoms with Gasteiger partial charge >= 0.3 is 5.97 Å². The van der Waals surface area contributed by atoms with Crippen LogP contribution in [0.15, 0.2) is 24.0 Å². The minimum atomic E-state index is -0.289. The number of thiazole rings is 1. The van der Waals surface area contributed by atoms with Crippen molar-refractivity contribution in [1.82, 2.24) is 15.0 Å². The third-order valence-electron chi connectivity index (χ3n) is 2.17. The summed E-state index contributed by atoms with van der Waals surface area (Å²) in [6.45, 7) is 0.577. The number of nitrogens with one attached hydrogen (secondary N) is 1. The molecule has 0 fully saturated rings. The molecule has 2 rings (SSSR count). The summed E-state index contributed by atoms with van der Waals surface area (Å²) in [5.74, 6) is -0.289. The molecule has 0 bridgehead atoms. The first-order valence-corrected chi connectivity index (χ1v) is 6.16. The van der Waals surface area contributed by atoms with Crippen molar-refractivity contribution in [1.29, 1.82) is 0 Å². The molecule has 2 aromatic rings. The van der Waals surface area contributed by atoms with E-state index in [9.17, 15) is 4.79 Å². The average molecular weight is 264 g/mol. The average Bonchev–Trinajstić information content (AvgIpc) is 2.85. The number of anilines is 1. The van der Waals surface area contributed by atoms with E-state index >= 15 is 0 Å². The molecule has 7 heteroatoms. The highest BCUT2D eigenvalue weighted by Gasteiger charge is 2.07. The second-order valence-corrected chi connectivity index (χ2v) is 4.31. The van der Waals surface area contributed by atoms with Gasteiger partial charge in [0.1, 0.15) is 6.33 Å². The van der Waals surface area contributed by atoms with Gasteiger partial charge in [-0.3, -0.25) is 4.79 Å². The van der Waals surface area contributed by atoms with E-state index in [-0.39, 0.29) is 12.4 Å². The SMILES string of the molecule is COC(=O)Cc1csc(NCc2ccncn2)n1. The molecular weight excluding hydrogens is 252 g/mol. The van der Waals surface area contributed by atoms with Crippen LogP contribution in [0.2, 0.25) is 0 Å². The highest BCUT2D eigenvalue weighted by molar-refractivity contribution is 7.13. The first kappa shape index (κ1) is 12.4. The summed E-state index contributed by atoms with van der Waals surface area (Å²) in [6, 6.07) is 1.83. The Morgan fingerprint density at radius 3 is 3.11 bits per heavy atom. The summed E-state index contributed by atoms with van der Waals surface area (Å²) in [5, 5.41) is 5.73. The van der Waals surface area contributed by atoms with Crippen LogP contribution in [-0.2, 0) is 22.5 Å². The first-order chi connectivity index (χ1) is 8.78. The third-order valence-corrected chi connectivity index (χ3v) is 3.02. The largest absolute Gasteiger partial charge is 0.469 e. The number of carbonyl (C=O) groups is 1. The maximum absolute atomic E-state index is 11.1. The Kier molecular flexibility index (Phi) is 4.19. The molecule has 0 atom stereocenters. The van der Waals surface area contributed by atoms with Gasteiger partial charge in [0.15, 0.2) is 5.13 Å². The van der Waals surface area contributed by atoms with Gasteiger partial charge in [-0.25, -0.2) is 15.0 Å². The lowest BCUT2D eigenvalue weighted by atomic mass is 10.3. The molecule has 0 amide bonds.